The first-order chi connectivity index (χ1) is 7.16. The number of aromatic amines is 1. The van der Waals surface area contributed by atoms with Crippen molar-refractivity contribution in [3.8, 4) is 11.4 Å². The topological polar surface area (TPSA) is 28.7 Å². The van der Waals surface area contributed by atoms with Gasteiger partial charge in [0, 0.05) is 11.8 Å². The number of H-pyrrole nitrogens is 1. The fraction of sp³-hybridized carbons (Fsp3) is 0. The average Bonchev–Trinajstić information content (AvgIpc) is 2.22. The van der Waals surface area contributed by atoms with E-state index in [1.807, 2.05) is 0 Å². The molecule has 2 rings (SSSR count). The maximum Gasteiger partial charge on any atom is 0.141 e. The zero-order valence-electron chi connectivity index (χ0n) is 7.50. The minimum Gasteiger partial charge on any atom is -0.331 e. The second-order valence-electron chi connectivity index (χ2n) is 2.91. The summed E-state index contributed by atoms with van der Waals surface area (Å²) in [7, 11) is 0. The zero-order valence-corrected chi connectivity index (χ0v) is 9.07. The summed E-state index contributed by atoms with van der Waals surface area (Å²) in [5.74, 6) is 0.124. The van der Waals surface area contributed by atoms with Gasteiger partial charge in [-0.05, 0) is 24.3 Å². The minimum absolute atomic E-state index is 0.0671. The predicted octanol–water partition coefficient (Wildman–Crippen LogP) is 3.60. The lowest BCUT2D eigenvalue weighted by Gasteiger charge is -2.01. The van der Waals surface area contributed by atoms with Crippen molar-refractivity contribution in [1.82, 2.24) is 9.97 Å². The third kappa shape index (κ3) is 2.22. The highest BCUT2D eigenvalue weighted by molar-refractivity contribution is 7.71. The van der Waals surface area contributed by atoms with Gasteiger partial charge in [-0.15, -0.1) is 0 Å². The molecule has 0 radical (unpaired) electrons. The van der Waals surface area contributed by atoms with E-state index >= 15 is 0 Å². The van der Waals surface area contributed by atoms with Gasteiger partial charge in [-0.2, -0.15) is 0 Å². The predicted molar refractivity (Wildman–Crippen MR) is 59.8 cm³/mol. The summed E-state index contributed by atoms with van der Waals surface area (Å²) >= 11 is 10.6. The SMILES string of the molecule is Fc1ccc(-c2nccc(=S)[nH]2)cc1Cl. The lowest BCUT2D eigenvalue weighted by Crippen LogP contribution is -1.88. The smallest absolute Gasteiger partial charge is 0.141 e. The van der Waals surface area contributed by atoms with E-state index in [1.54, 1.807) is 18.3 Å². The van der Waals surface area contributed by atoms with Crippen LogP contribution in [0, 0.1) is 10.5 Å². The Bertz CT molecular complexity index is 553. The standard InChI is InChI=1S/C10H6ClFN2S/c11-7-5-6(1-2-8(7)12)10-13-4-3-9(15)14-10/h1-5H,(H,13,14,15). The fourth-order valence-electron chi connectivity index (χ4n) is 1.16. The molecule has 0 aliphatic heterocycles. The Labute approximate surface area is 95.8 Å². The Kier molecular flexibility index (Phi) is 2.79. The maximum absolute atomic E-state index is 12.9. The van der Waals surface area contributed by atoms with Crippen LogP contribution in [-0.4, -0.2) is 9.97 Å². The number of halogens is 2. The Morgan fingerprint density at radius 3 is 2.80 bits per heavy atom. The van der Waals surface area contributed by atoms with Crippen molar-refractivity contribution in [3.05, 3.63) is 45.9 Å². The molecule has 2 nitrogen and oxygen atoms in total. The van der Waals surface area contributed by atoms with Crippen LogP contribution in [0.5, 0.6) is 0 Å². The molecule has 15 heavy (non-hydrogen) atoms. The fourth-order valence-corrected chi connectivity index (χ4v) is 1.50. The molecule has 0 spiro atoms. The second-order valence-corrected chi connectivity index (χ2v) is 3.76. The molecule has 0 bridgehead atoms. The summed E-state index contributed by atoms with van der Waals surface area (Å²) in [5.41, 5.74) is 0.702. The highest BCUT2D eigenvalue weighted by atomic mass is 35.5. The Morgan fingerprint density at radius 1 is 1.33 bits per heavy atom. The third-order valence-corrected chi connectivity index (χ3v) is 2.39. The van der Waals surface area contributed by atoms with E-state index < -0.39 is 5.82 Å². The minimum atomic E-state index is -0.449. The van der Waals surface area contributed by atoms with E-state index in [1.165, 1.54) is 12.1 Å². The first kappa shape index (κ1) is 10.3. The number of aromatic nitrogens is 2. The van der Waals surface area contributed by atoms with Crippen molar-refractivity contribution in [2.45, 2.75) is 0 Å². The molecule has 0 saturated carbocycles. The van der Waals surface area contributed by atoms with Crippen LogP contribution in [0.1, 0.15) is 0 Å². The highest BCUT2D eigenvalue weighted by Gasteiger charge is 2.03. The molecule has 0 aliphatic rings. The molecule has 1 heterocycles. The summed E-state index contributed by atoms with van der Waals surface area (Å²) in [6.07, 6.45) is 1.59. The lowest BCUT2D eigenvalue weighted by molar-refractivity contribution is 0.628. The van der Waals surface area contributed by atoms with Crippen LogP contribution >= 0.6 is 23.8 Å². The average molecular weight is 241 g/mol. The molecular weight excluding hydrogens is 235 g/mol. The van der Waals surface area contributed by atoms with Crippen molar-refractivity contribution in [1.29, 1.82) is 0 Å². The number of rotatable bonds is 1. The van der Waals surface area contributed by atoms with Crippen LogP contribution in [-0.2, 0) is 0 Å². The van der Waals surface area contributed by atoms with Crippen molar-refractivity contribution >= 4 is 23.8 Å². The molecule has 2 aromatic rings. The monoisotopic (exact) mass is 240 g/mol. The molecule has 0 fully saturated rings. The first-order valence-electron chi connectivity index (χ1n) is 4.17. The molecule has 1 N–H and O–H groups in total. The molecule has 0 unspecified atom stereocenters. The van der Waals surface area contributed by atoms with Gasteiger partial charge in [0.15, 0.2) is 0 Å². The van der Waals surface area contributed by atoms with Gasteiger partial charge >= 0.3 is 0 Å². The van der Waals surface area contributed by atoms with Crippen molar-refractivity contribution in [3.63, 3.8) is 0 Å². The molecule has 1 aromatic carbocycles. The van der Waals surface area contributed by atoms with Crippen LogP contribution in [0.3, 0.4) is 0 Å². The Hall–Kier alpha value is -1.26. The van der Waals surface area contributed by atoms with E-state index in [0.717, 1.165) is 0 Å². The Balaban J connectivity index is 2.55. The van der Waals surface area contributed by atoms with Gasteiger partial charge in [-0.25, -0.2) is 9.37 Å². The van der Waals surface area contributed by atoms with Gasteiger partial charge in [0.1, 0.15) is 16.3 Å². The van der Waals surface area contributed by atoms with Crippen molar-refractivity contribution < 1.29 is 4.39 Å². The van der Waals surface area contributed by atoms with E-state index in [9.17, 15) is 4.39 Å². The maximum atomic E-state index is 12.9. The first-order valence-corrected chi connectivity index (χ1v) is 4.96. The number of benzene rings is 1. The Morgan fingerprint density at radius 2 is 2.13 bits per heavy atom. The number of hydrogen-bond acceptors (Lipinski definition) is 2. The second kappa shape index (κ2) is 4.08. The van der Waals surface area contributed by atoms with Gasteiger partial charge in [0.2, 0.25) is 0 Å². The number of hydrogen-bond donors (Lipinski definition) is 1. The molecule has 5 heteroatoms. The molecule has 0 atom stereocenters. The van der Waals surface area contributed by atoms with Crippen LogP contribution < -0.4 is 0 Å². The molecule has 1 aromatic heterocycles. The largest absolute Gasteiger partial charge is 0.331 e. The number of nitrogens with one attached hydrogen (secondary N) is 1. The van der Waals surface area contributed by atoms with E-state index in [4.69, 9.17) is 23.8 Å². The quantitative estimate of drug-likeness (QED) is 0.772. The summed E-state index contributed by atoms with van der Waals surface area (Å²) in [6, 6.07) is 6.06. The van der Waals surface area contributed by atoms with Gasteiger partial charge in [0.05, 0.1) is 5.02 Å². The lowest BCUT2D eigenvalue weighted by atomic mass is 10.2. The van der Waals surface area contributed by atoms with E-state index in [-0.39, 0.29) is 5.02 Å². The summed E-state index contributed by atoms with van der Waals surface area (Å²) in [4.78, 5) is 6.97. The van der Waals surface area contributed by atoms with E-state index in [2.05, 4.69) is 9.97 Å². The van der Waals surface area contributed by atoms with Crippen LogP contribution in [0.4, 0.5) is 4.39 Å². The molecule has 0 saturated heterocycles. The molecule has 76 valence electrons. The molecular formula is C10H6ClFN2S. The van der Waals surface area contributed by atoms with Gasteiger partial charge < -0.3 is 4.98 Å². The van der Waals surface area contributed by atoms with Gasteiger partial charge in [-0.1, -0.05) is 23.8 Å². The van der Waals surface area contributed by atoms with Gasteiger partial charge in [0.25, 0.3) is 0 Å². The van der Waals surface area contributed by atoms with Crippen molar-refractivity contribution in [2.24, 2.45) is 0 Å². The third-order valence-electron chi connectivity index (χ3n) is 1.86. The number of nitrogens with zero attached hydrogens (tertiary/aromatic N) is 1. The van der Waals surface area contributed by atoms with Crippen LogP contribution in [0.15, 0.2) is 30.5 Å². The summed E-state index contributed by atoms with van der Waals surface area (Å²) in [5, 5.41) is 0.0671. The highest BCUT2D eigenvalue weighted by Crippen LogP contribution is 2.21. The zero-order chi connectivity index (χ0) is 10.8. The van der Waals surface area contributed by atoms with E-state index in [0.29, 0.717) is 16.0 Å². The van der Waals surface area contributed by atoms with Crippen molar-refractivity contribution in [2.75, 3.05) is 0 Å². The summed E-state index contributed by atoms with van der Waals surface area (Å²) < 4.78 is 13.5. The molecule has 0 aliphatic carbocycles. The summed E-state index contributed by atoms with van der Waals surface area (Å²) in [6.45, 7) is 0. The molecule has 0 amide bonds. The normalized spacial score (nSPS) is 10.3. The van der Waals surface area contributed by atoms with Gasteiger partial charge in [-0.3, -0.25) is 0 Å². The van der Waals surface area contributed by atoms with Crippen LogP contribution in [0.2, 0.25) is 5.02 Å². The van der Waals surface area contributed by atoms with Crippen LogP contribution in [0.25, 0.3) is 11.4 Å².